The molecule has 0 amide bonds. The third kappa shape index (κ3) is 2.63. The van der Waals surface area contributed by atoms with Crippen LogP contribution in [0.3, 0.4) is 0 Å². The molecule has 1 fully saturated rings. The lowest BCUT2D eigenvalue weighted by Crippen LogP contribution is -2.06. The highest BCUT2D eigenvalue weighted by Crippen LogP contribution is 2.43. The third-order valence-electron chi connectivity index (χ3n) is 4.41. The quantitative estimate of drug-likeness (QED) is 0.716. The number of hydrogen-bond donors (Lipinski definition) is 0. The van der Waals surface area contributed by atoms with Crippen LogP contribution in [0, 0.1) is 11.6 Å². The molecule has 130 valence electrons. The Morgan fingerprint density at radius 1 is 1.20 bits per heavy atom. The summed E-state index contributed by atoms with van der Waals surface area (Å²) in [6, 6.07) is 2.66. The summed E-state index contributed by atoms with van der Waals surface area (Å²) in [6.07, 6.45) is 3.62. The molecule has 0 atom stereocenters. The summed E-state index contributed by atoms with van der Waals surface area (Å²) in [5.74, 6) is -0.490. The van der Waals surface area contributed by atoms with E-state index < -0.39 is 11.6 Å². The SMILES string of the molecule is COc1cc2ncc(-c3nc(C(C)C)c(F)cc3F)n2nc1C1CC1. The molecular formula is C18H18F2N4O. The van der Waals surface area contributed by atoms with Gasteiger partial charge in [-0.1, -0.05) is 13.8 Å². The fraction of sp³-hybridized carbons (Fsp3) is 0.389. The second kappa shape index (κ2) is 5.75. The minimum atomic E-state index is -0.728. The summed E-state index contributed by atoms with van der Waals surface area (Å²) in [5.41, 5.74) is 2.05. The minimum Gasteiger partial charge on any atom is -0.495 e. The Morgan fingerprint density at radius 3 is 2.60 bits per heavy atom. The number of ether oxygens (including phenoxy) is 1. The van der Waals surface area contributed by atoms with Gasteiger partial charge in [-0.15, -0.1) is 0 Å². The molecular weight excluding hydrogens is 326 g/mol. The van der Waals surface area contributed by atoms with Gasteiger partial charge in [-0.25, -0.2) is 23.3 Å². The van der Waals surface area contributed by atoms with Crippen LogP contribution in [0.2, 0.25) is 0 Å². The van der Waals surface area contributed by atoms with Gasteiger partial charge in [-0.05, 0) is 18.8 Å². The van der Waals surface area contributed by atoms with E-state index in [1.165, 1.54) is 6.20 Å². The zero-order chi connectivity index (χ0) is 17.7. The Morgan fingerprint density at radius 2 is 1.96 bits per heavy atom. The molecule has 0 aliphatic heterocycles. The average Bonchev–Trinajstić information content (AvgIpc) is 3.34. The van der Waals surface area contributed by atoms with Gasteiger partial charge in [0.2, 0.25) is 0 Å². The molecule has 1 saturated carbocycles. The van der Waals surface area contributed by atoms with Gasteiger partial charge in [0.1, 0.15) is 28.6 Å². The number of fused-ring (bicyclic) bond motifs is 1. The van der Waals surface area contributed by atoms with E-state index in [1.807, 2.05) is 13.8 Å². The number of hydrogen-bond acceptors (Lipinski definition) is 4. The van der Waals surface area contributed by atoms with Crippen molar-refractivity contribution in [2.75, 3.05) is 7.11 Å². The lowest BCUT2D eigenvalue weighted by Gasteiger charge is -2.11. The Hall–Kier alpha value is -2.57. The van der Waals surface area contributed by atoms with E-state index in [0.717, 1.165) is 24.6 Å². The summed E-state index contributed by atoms with van der Waals surface area (Å²) < 4.78 is 35.3. The van der Waals surface area contributed by atoms with Crippen LogP contribution in [0.1, 0.15) is 49.9 Å². The van der Waals surface area contributed by atoms with E-state index in [-0.39, 0.29) is 17.3 Å². The summed E-state index contributed by atoms with van der Waals surface area (Å²) >= 11 is 0. The number of methoxy groups -OCH3 is 1. The molecule has 5 nitrogen and oxygen atoms in total. The lowest BCUT2D eigenvalue weighted by molar-refractivity contribution is 0.405. The third-order valence-corrected chi connectivity index (χ3v) is 4.41. The molecule has 3 aromatic rings. The summed E-state index contributed by atoms with van der Waals surface area (Å²) in [5, 5.41) is 4.61. The Balaban J connectivity index is 1.93. The van der Waals surface area contributed by atoms with Crippen LogP contribution in [0.25, 0.3) is 17.0 Å². The summed E-state index contributed by atoms with van der Waals surface area (Å²) in [7, 11) is 1.60. The molecule has 0 unspecified atom stereocenters. The van der Waals surface area contributed by atoms with Gasteiger partial charge >= 0.3 is 0 Å². The van der Waals surface area contributed by atoms with E-state index >= 15 is 0 Å². The van der Waals surface area contributed by atoms with Crippen LogP contribution in [0.15, 0.2) is 18.3 Å². The van der Waals surface area contributed by atoms with Gasteiger partial charge < -0.3 is 4.74 Å². The molecule has 0 N–H and O–H groups in total. The van der Waals surface area contributed by atoms with Gasteiger partial charge in [-0.2, -0.15) is 5.10 Å². The molecule has 0 spiro atoms. The first-order valence-corrected chi connectivity index (χ1v) is 8.28. The van der Waals surface area contributed by atoms with E-state index in [4.69, 9.17) is 4.74 Å². The van der Waals surface area contributed by atoms with Crippen molar-refractivity contribution in [3.8, 4) is 17.1 Å². The van der Waals surface area contributed by atoms with Crippen LogP contribution >= 0.6 is 0 Å². The predicted molar refractivity (Wildman–Crippen MR) is 88.8 cm³/mol. The maximum atomic E-state index is 14.4. The first-order chi connectivity index (χ1) is 12.0. The largest absolute Gasteiger partial charge is 0.495 e. The van der Waals surface area contributed by atoms with Crippen molar-refractivity contribution >= 4 is 5.65 Å². The molecule has 7 heteroatoms. The second-order valence-corrected chi connectivity index (χ2v) is 6.63. The molecule has 0 bridgehead atoms. The smallest absolute Gasteiger partial charge is 0.157 e. The highest BCUT2D eigenvalue weighted by atomic mass is 19.1. The fourth-order valence-corrected chi connectivity index (χ4v) is 2.94. The number of aromatic nitrogens is 4. The van der Waals surface area contributed by atoms with Crippen molar-refractivity contribution in [2.24, 2.45) is 0 Å². The van der Waals surface area contributed by atoms with E-state index in [2.05, 4.69) is 15.1 Å². The fourth-order valence-electron chi connectivity index (χ4n) is 2.94. The number of imidazole rings is 1. The molecule has 25 heavy (non-hydrogen) atoms. The first-order valence-electron chi connectivity index (χ1n) is 8.28. The monoisotopic (exact) mass is 344 g/mol. The molecule has 1 aliphatic rings. The van der Waals surface area contributed by atoms with Crippen molar-refractivity contribution in [2.45, 2.75) is 38.5 Å². The van der Waals surface area contributed by atoms with Crippen LogP contribution in [0.5, 0.6) is 5.75 Å². The van der Waals surface area contributed by atoms with Gasteiger partial charge in [0.25, 0.3) is 0 Å². The number of nitrogens with zero attached hydrogens (tertiary/aromatic N) is 4. The first kappa shape index (κ1) is 15.9. The maximum Gasteiger partial charge on any atom is 0.157 e. The molecule has 0 aromatic carbocycles. The zero-order valence-corrected chi connectivity index (χ0v) is 14.3. The Bertz CT molecular complexity index is 963. The summed E-state index contributed by atoms with van der Waals surface area (Å²) in [6.45, 7) is 3.63. The van der Waals surface area contributed by atoms with E-state index in [1.54, 1.807) is 17.7 Å². The molecule has 3 heterocycles. The Labute approximate surface area is 143 Å². The second-order valence-electron chi connectivity index (χ2n) is 6.63. The summed E-state index contributed by atoms with van der Waals surface area (Å²) in [4.78, 5) is 8.50. The van der Waals surface area contributed by atoms with E-state index in [9.17, 15) is 8.78 Å². The van der Waals surface area contributed by atoms with Crippen LogP contribution < -0.4 is 4.74 Å². The van der Waals surface area contributed by atoms with Crippen LogP contribution in [0.4, 0.5) is 8.78 Å². The molecule has 3 aromatic heterocycles. The molecule has 4 rings (SSSR count). The Kier molecular flexibility index (Phi) is 3.67. The average molecular weight is 344 g/mol. The zero-order valence-electron chi connectivity index (χ0n) is 14.3. The van der Waals surface area contributed by atoms with Gasteiger partial charge in [0.05, 0.1) is 19.0 Å². The normalized spacial score (nSPS) is 14.5. The van der Waals surface area contributed by atoms with Gasteiger partial charge in [0.15, 0.2) is 11.5 Å². The number of rotatable bonds is 4. The van der Waals surface area contributed by atoms with Crippen LogP contribution in [-0.4, -0.2) is 26.7 Å². The number of halogens is 2. The van der Waals surface area contributed by atoms with Crippen molar-refractivity contribution in [1.82, 2.24) is 19.6 Å². The van der Waals surface area contributed by atoms with Gasteiger partial charge in [0, 0.05) is 18.1 Å². The van der Waals surface area contributed by atoms with Gasteiger partial charge in [-0.3, -0.25) is 0 Å². The highest BCUT2D eigenvalue weighted by Gasteiger charge is 2.30. The number of pyridine rings is 1. The van der Waals surface area contributed by atoms with Crippen molar-refractivity contribution in [3.05, 3.63) is 41.4 Å². The van der Waals surface area contributed by atoms with E-state index in [0.29, 0.717) is 23.0 Å². The standard InChI is InChI=1S/C18H18F2N4O/c1-9(2)16-11(19)6-12(20)18(22-16)13-8-21-15-7-14(25-3)17(10-4-5-10)23-24(13)15/h6-10H,4-5H2,1-3H3. The minimum absolute atomic E-state index is 0.0528. The molecule has 0 radical (unpaired) electrons. The van der Waals surface area contributed by atoms with Crippen molar-refractivity contribution in [3.63, 3.8) is 0 Å². The molecule has 1 aliphatic carbocycles. The van der Waals surface area contributed by atoms with Crippen LogP contribution in [-0.2, 0) is 0 Å². The maximum absolute atomic E-state index is 14.4. The predicted octanol–water partition coefficient (Wildman–Crippen LogP) is 4.08. The highest BCUT2D eigenvalue weighted by molar-refractivity contribution is 5.61. The lowest BCUT2D eigenvalue weighted by atomic mass is 10.1. The molecule has 0 saturated heterocycles. The topological polar surface area (TPSA) is 52.3 Å². The van der Waals surface area contributed by atoms with Crippen molar-refractivity contribution < 1.29 is 13.5 Å². The van der Waals surface area contributed by atoms with Crippen molar-refractivity contribution in [1.29, 1.82) is 0 Å².